The van der Waals surface area contributed by atoms with E-state index in [1.54, 1.807) is 13.2 Å². The standard InChI is InChI=1S/C24H29F3N5OP/c1-3-28-19-13-21(31-23-22(19)17(14-29-23)24(25,26)27)30-18-7-6-16(12-20(18)33-2)34-10-8-32(9-11-34)15-4-5-15/h6-7,12-15H,3-5,8-11H2,1-2H3,(H3,28,29,30,31). The van der Waals surface area contributed by atoms with Crippen LogP contribution in [0, 0.1) is 0 Å². The van der Waals surface area contributed by atoms with Gasteiger partial charge in [0.25, 0.3) is 0 Å². The zero-order valence-electron chi connectivity index (χ0n) is 19.3. The summed E-state index contributed by atoms with van der Waals surface area (Å²) in [7, 11) is 1.42. The van der Waals surface area contributed by atoms with E-state index in [1.165, 1.54) is 43.6 Å². The van der Waals surface area contributed by atoms with E-state index in [1.807, 2.05) is 13.0 Å². The Kier molecular flexibility index (Phi) is 6.34. The van der Waals surface area contributed by atoms with Gasteiger partial charge in [-0.1, -0.05) is 14.0 Å². The summed E-state index contributed by atoms with van der Waals surface area (Å²) >= 11 is 0. The number of halogens is 3. The van der Waals surface area contributed by atoms with Crippen molar-refractivity contribution in [2.75, 3.05) is 49.7 Å². The summed E-state index contributed by atoms with van der Waals surface area (Å²) in [6, 6.07) is 8.66. The van der Waals surface area contributed by atoms with Crippen LogP contribution in [-0.4, -0.2) is 60.0 Å². The number of hydrogen-bond acceptors (Lipinski definition) is 5. The average molecular weight is 491 g/mol. The number of rotatable bonds is 7. The predicted octanol–water partition coefficient (Wildman–Crippen LogP) is 5.35. The molecule has 182 valence electrons. The molecule has 0 unspecified atom stereocenters. The molecule has 1 aliphatic heterocycles. The Morgan fingerprint density at radius 2 is 1.94 bits per heavy atom. The van der Waals surface area contributed by atoms with Crippen molar-refractivity contribution < 1.29 is 17.9 Å². The number of H-pyrrole nitrogens is 1. The SMILES string of the molecule is CCNc1cc(Nc2ccc(P3CCN(C4CC4)CC3)cc2OC)nc2[nH]cc(C(F)(F)F)c12. The van der Waals surface area contributed by atoms with E-state index in [2.05, 4.69) is 37.6 Å². The Morgan fingerprint density at radius 3 is 2.59 bits per heavy atom. The summed E-state index contributed by atoms with van der Waals surface area (Å²) in [6.45, 7) is 4.68. The topological polar surface area (TPSA) is 65.2 Å². The van der Waals surface area contributed by atoms with Crippen LogP contribution >= 0.6 is 7.92 Å². The van der Waals surface area contributed by atoms with Gasteiger partial charge < -0.3 is 20.4 Å². The van der Waals surface area contributed by atoms with E-state index in [0.29, 0.717) is 23.8 Å². The normalized spacial score (nSPS) is 17.8. The highest BCUT2D eigenvalue weighted by molar-refractivity contribution is 7.65. The van der Waals surface area contributed by atoms with Gasteiger partial charge in [0, 0.05) is 43.6 Å². The van der Waals surface area contributed by atoms with Gasteiger partial charge in [0.05, 0.1) is 23.7 Å². The van der Waals surface area contributed by atoms with Gasteiger partial charge in [-0.3, -0.25) is 4.90 Å². The molecule has 0 spiro atoms. The third kappa shape index (κ3) is 4.68. The van der Waals surface area contributed by atoms with Crippen molar-refractivity contribution in [1.82, 2.24) is 14.9 Å². The maximum atomic E-state index is 13.5. The van der Waals surface area contributed by atoms with E-state index >= 15 is 0 Å². The maximum Gasteiger partial charge on any atom is 0.418 e. The van der Waals surface area contributed by atoms with Crippen LogP contribution < -0.4 is 20.7 Å². The van der Waals surface area contributed by atoms with E-state index in [9.17, 15) is 13.2 Å². The molecule has 1 aliphatic carbocycles. The number of aromatic nitrogens is 2. The number of hydrogen-bond donors (Lipinski definition) is 3. The monoisotopic (exact) mass is 491 g/mol. The number of aromatic amines is 1. The number of benzene rings is 1. The molecule has 0 atom stereocenters. The lowest BCUT2D eigenvalue weighted by Crippen LogP contribution is -2.37. The molecule has 3 N–H and O–H groups in total. The van der Waals surface area contributed by atoms with Crippen LogP contribution in [0.15, 0.2) is 30.5 Å². The summed E-state index contributed by atoms with van der Waals surface area (Å²) in [5.74, 6) is 1.15. The van der Waals surface area contributed by atoms with Crippen LogP contribution in [0.1, 0.15) is 25.3 Å². The third-order valence-electron chi connectivity index (χ3n) is 6.51. The molecule has 1 aromatic carbocycles. The van der Waals surface area contributed by atoms with E-state index in [0.717, 1.165) is 17.9 Å². The highest BCUT2D eigenvalue weighted by atomic mass is 31.1. The number of ether oxygens (including phenoxy) is 1. The van der Waals surface area contributed by atoms with Crippen LogP contribution in [-0.2, 0) is 6.18 Å². The molecule has 3 aromatic rings. The van der Waals surface area contributed by atoms with Crippen molar-refractivity contribution in [1.29, 1.82) is 0 Å². The largest absolute Gasteiger partial charge is 0.495 e. The van der Waals surface area contributed by atoms with Gasteiger partial charge in [-0.05, 0) is 49.5 Å². The first-order chi connectivity index (χ1) is 16.4. The summed E-state index contributed by atoms with van der Waals surface area (Å²) in [4.78, 5) is 9.70. The number of alkyl halides is 3. The number of methoxy groups -OCH3 is 1. The molecule has 10 heteroatoms. The van der Waals surface area contributed by atoms with Crippen LogP contribution in [0.2, 0.25) is 0 Å². The number of pyridine rings is 1. The molecular weight excluding hydrogens is 462 g/mol. The molecule has 3 heterocycles. The first-order valence-electron chi connectivity index (χ1n) is 11.6. The number of nitrogens with one attached hydrogen (secondary N) is 3. The molecule has 2 fully saturated rings. The van der Waals surface area contributed by atoms with Gasteiger partial charge in [0.15, 0.2) is 0 Å². The lowest BCUT2D eigenvalue weighted by atomic mass is 10.1. The number of nitrogens with zero attached hydrogens (tertiary/aromatic N) is 2. The molecule has 34 heavy (non-hydrogen) atoms. The molecule has 6 nitrogen and oxygen atoms in total. The van der Waals surface area contributed by atoms with Crippen LogP contribution in [0.4, 0.5) is 30.4 Å². The molecule has 0 amide bonds. The van der Waals surface area contributed by atoms with Crippen molar-refractivity contribution in [3.05, 3.63) is 36.0 Å². The molecular formula is C24H29F3N5OP. The summed E-state index contributed by atoms with van der Waals surface area (Å²) in [6.07, 6.45) is 1.62. The Morgan fingerprint density at radius 1 is 1.18 bits per heavy atom. The molecule has 1 saturated heterocycles. The Labute approximate surface area is 198 Å². The fourth-order valence-corrected chi connectivity index (χ4v) is 6.98. The van der Waals surface area contributed by atoms with Gasteiger partial charge in [0.1, 0.15) is 17.2 Å². The van der Waals surface area contributed by atoms with Crippen molar-refractivity contribution in [3.63, 3.8) is 0 Å². The van der Waals surface area contributed by atoms with Crippen molar-refractivity contribution >= 4 is 41.5 Å². The zero-order valence-corrected chi connectivity index (χ0v) is 20.2. The highest BCUT2D eigenvalue weighted by Crippen LogP contribution is 2.42. The lowest BCUT2D eigenvalue weighted by molar-refractivity contribution is -0.136. The highest BCUT2D eigenvalue weighted by Gasteiger charge is 2.35. The molecule has 2 aliphatic rings. The van der Waals surface area contributed by atoms with Crippen molar-refractivity contribution in [2.45, 2.75) is 32.0 Å². The molecule has 0 radical (unpaired) electrons. The average Bonchev–Trinajstić information content (AvgIpc) is 3.57. The fraction of sp³-hybridized carbons (Fsp3) is 0.458. The second-order valence-corrected chi connectivity index (χ2v) is 11.3. The molecule has 1 saturated carbocycles. The minimum absolute atomic E-state index is 0.0440. The Balaban J connectivity index is 1.39. The minimum Gasteiger partial charge on any atom is -0.495 e. The first kappa shape index (κ1) is 23.2. The Hall–Kier alpha value is -2.51. The van der Waals surface area contributed by atoms with E-state index in [-0.39, 0.29) is 19.0 Å². The summed E-state index contributed by atoms with van der Waals surface area (Å²) in [5, 5.41) is 7.65. The van der Waals surface area contributed by atoms with Gasteiger partial charge >= 0.3 is 6.18 Å². The fourth-order valence-electron chi connectivity index (χ4n) is 4.66. The van der Waals surface area contributed by atoms with E-state index < -0.39 is 11.7 Å². The minimum atomic E-state index is -4.46. The number of fused-ring (bicyclic) bond motifs is 1. The van der Waals surface area contributed by atoms with Gasteiger partial charge in [0.2, 0.25) is 0 Å². The smallest absolute Gasteiger partial charge is 0.418 e. The molecule has 0 bridgehead atoms. The zero-order chi connectivity index (χ0) is 23.9. The summed E-state index contributed by atoms with van der Waals surface area (Å²) in [5.41, 5.74) is 0.559. The van der Waals surface area contributed by atoms with Gasteiger partial charge in [-0.2, -0.15) is 13.2 Å². The first-order valence-corrected chi connectivity index (χ1v) is 13.4. The Bertz CT molecular complexity index is 1170. The predicted molar refractivity (Wildman–Crippen MR) is 132 cm³/mol. The molecule has 5 rings (SSSR count). The van der Waals surface area contributed by atoms with Crippen molar-refractivity contribution in [3.8, 4) is 5.75 Å². The number of anilines is 3. The second kappa shape index (κ2) is 9.27. The van der Waals surface area contributed by atoms with Gasteiger partial charge in [-0.15, -0.1) is 0 Å². The third-order valence-corrected chi connectivity index (χ3v) is 8.99. The van der Waals surface area contributed by atoms with E-state index in [4.69, 9.17) is 4.74 Å². The summed E-state index contributed by atoms with van der Waals surface area (Å²) < 4.78 is 46.1. The van der Waals surface area contributed by atoms with Crippen LogP contribution in [0.3, 0.4) is 0 Å². The molecule has 2 aromatic heterocycles. The lowest BCUT2D eigenvalue weighted by Gasteiger charge is -2.32. The van der Waals surface area contributed by atoms with Crippen molar-refractivity contribution in [2.24, 2.45) is 0 Å². The quantitative estimate of drug-likeness (QED) is 0.389. The maximum absolute atomic E-state index is 13.5. The van der Waals surface area contributed by atoms with Crippen LogP contribution in [0.25, 0.3) is 11.0 Å². The van der Waals surface area contributed by atoms with Gasteiger partial charge in [-0.25, -0.2) is 4.98 Å². The van der Waals surface area contributed by atoms with Crippen LogP contribution in [0.5, 0.6) is 5.75 Å². The second-order valence-electron chi connectivity index (χ2n) is 8.77.